The molecule has 0 fully saturated rings. The molecule has 0 aliphatic carbocycles. The number of aromatic amines is 1. The predicted molar refractivity (Wildman–Crippen MR) is 76.5 cm³/mol. The average molecular weight is 253 g/mol. The zero-order valence-electron chi connectivity index (χ0n) is 10.4. The standard InChI is InChI=1S/C14H20N2.ClH/c1-10(2)3-5-13(15)11-4-6-14-12(9-11)7-8-16-14;/h4,6-10,13,16H,3,5,15H2,1-2H3;1H/t13-;/m0./s1. The van der Waals surface area contributed by atoms with Crippen LogP contribution in [-0.4, -0.2) is 4.98 Å². The molecule has 2 aromatic rings. The summed E-state index contributed by atoms with van der Waals surface area (Å²) in [6.07, 6.45) is 4.22. The molecule has 3 N–H and O–H groups in total. The van der Waals surface area contributed by atoms with Gasteiger partial charge in [0, 0.05) is 17.8 Å². The van der Waals surface area contributed by atoms with Gasteiger partial charge in [-0.1, -0.05) is 19.9 Å². The zero-order chi connectivity index (χ0) is 11.5. The van der Waals surface area contributed by atoms with Crippen LogP contribution in [0.25, 0.3) is 10.9 Å². The van der Waals surface area contributed by atoms with E-state index in [1.54, 1.807) is 0 Å². The molecule has 0 aliphatic rings. The third-order valence-electron chi connectivity index (χ3n) is 3.06. The summed E-state index contributed by atoms with van der Waals surface area (Å²) in [5.74, 6) is 0.724. The van der Waals surface area contributed by atoms with Gasteiger partial charge < -0.3 is 10.7 Å². The van der Waals surface area contributed by atoms with E-state index in [2.05, 4.69) is 43.1 Å². The number of benzene rings is 1. The minimum Gasteiger partial charge on any atom is -0.361 e. The molecular formula is C14H21ClN2. The smallest absolute Gasteiger partial charge is 0.0454 e. The predicted octanol–water partition coefficient (Wildman–Crippen LogP) is 4.03. The van der Waals surface area contributed by atoms with E-state index in [4.69, 9.17) is 5.73 Å². The summed E-state index contributed by atoms with van der Waals surface area (Å²) in [5.41, 5.74) is 8.62. The molecule has 0 saturated heterocycles. The number of rotatable bonds is 4. The van der Waals surface area contributed by atoms with Gasteiger partial charge in [-0.3, -0.25) is 0 Å². The molecule has 0 unspecified atom stereocenters. The van der Waals surface area contributed by atoms with Gasteiger partial charge in [-0.05, 0) is 47.9 Å². The number of nitrogens with one attached hydrogen (secondary N) is 1. The largest absolute Gasteiger partial charge is 0.361 e. The van der Waals surface area contributed by atoms with Crippen molar-refractivity contribution in [3.63, 3.8) is 0 Å². The van der Waals surface area contributed by atoms with Gasteiger partial charge in [-0.2, -0.15) is 0 Å². The van der Waals surface area contributed by atoms with Crippen molar-refractivity contribution in [3.8, 4) is 0 Å². The number of hydrogen-bond acceptors (Lipinski definition) is 1. The molecule has 0 bridgehead atoms. The van der Waals surface area contributed by atoms with Crippen molar-refractivity contribution in [2.45, 2.75) is 32.7 Å². The maximum atomic E-state index is 6.19. The van der Waals surface area contributed by atoms with Crippen LogP contribution in [0.3, 0.4) is 0 Å². The van der Waals surface area contributed by atoms with Gasteiger partial charge in [0.25, 0.3) is 0 Å². The second-order valence-corrected chi connectivity index (χ2v) is 4.90. The number of H-pyrrole nitrogens is 1. The lowest BCUT2D eigenvalue weighted by atomic mass is 9.97. The maximum Gasteiger partial charge on any atom is 0.0454 e. The molecule has 1 aromatic heterocycles. The SMILES string of the molecule is CC(C)CC[C@H](N)c1ccc2[nH]ccc2c1.Cl. The van der Waals surface area contributed by atoms with Gasteiger partial charge in [0.15, 0.2) is 0 Å². The van der Waals surface area contributed by atoms with Crippen LogP contribution >= 0.6 is 12.4 Å². The van der Waals surface area contributed by atoms with Crippen LogP contribution in [0.5, 0.6) is 0 Å². The van der Waals surface area contributed by atoms with Crippen molar-refractivity contribution < 1.29 is 0 Å². The third-order valence-corrected chi connectivity index (χ3v) is 3.06. The van der Waals surface area contributed by atoms with E-state index in [-0.39, 0.29) is 18.4 Å². The van der Waals surface area contributed by atoms with Gasteiger partial charge in [-0.25, -0.2) is 0 Å². The van der Waals surface area contributed by atoms with Gasteiger partial charge in [-0.15, -0.1) is 12.4 Å². The number of nitrogens with two attached hydrogens (primary N) is 1. The van der Waals surface area contributed by atoms with Crippen molar-refractivity contribution in [3.05, 3.63) is 36.0 Å². The summed E-state index contributed by atoms with van der Waals surface area (Å²) in [6.45, 7) is 4.48. The van der Waals surface area contributed by atoms with Crippen LogP contribution in [0, 0.1) is 5.92 Å². The summed E-state index contributed by atoms with van der Waals surface area (Å²) in [4.78, 5) is 3.20. The second kappa shape index (κ2) is 6.08. The first kappa shape index (κ1) is 14.1. The van der Waals surface area contributed by atoms with Gasteiger partial charge >= 0.3 is 0 Å². The normalized spacial score (nSPS) is 12.7. The third kappa shape index (κ3) is 3.48. The Kier molecular flexibility index (Phi) is 5.03. The lowest BCUT2D eigenvalue weighted by molar-refractivity contribution is 0.507. The van der Waals surface area contributed by atoms with Crippen LogP contribution in [-0.2, 0) is 0 Å². The molecule has 0 spiro atoms. The van der Waals surface area contributed by atoms with Gasteiger partial charge in [0.05, 0.1) is 0 Å². The summed E-state index contributed by atoms with van der Waals surface area (Å²) in [6, 6.07) is 8.69. The Morgan fingerprint density at radius 1 is 1.18 bits per heavy atom. The first-order valence-electron chi connectivity index (χ1n) is 5.99. The van der Waals surface area contributed by atoms with Crippen molar-refractivity contribution in [1.82, 2.24) is 4.98 Å². The summed E-state index contributed by atoms with van der Waals surface area (Å²) < 4.78 is 0. The Morgan fingerprint density at radius 3 is 2.65 bits per heavy atom. The maximum absolute atomic E-state index is 6.19. The Bertz CT molecular complexity index is 462. The fourth-order valence-electron chi connectivity index (χ4n) is 1.98. The lowest BCUT2D eigenvalue weighted by Crippen LogP contribution is -2.11. The minimum atomic E-state index is 0. The first-order chi connectivity index (χ1) is 7.66. The van der Waals surface area contributed by atoms with Crippen LogP contribution < -0.4 is 5.73 Å². The second-order valence-electron chi connectivity index (χ2n) is 4.90. The van der Waals surface area contributed by atoms with E-state index in [1.165, 1.54) is 22.9 Å². The summed E-state index contributed by atoms with van der Waals surface area (Å²) >= 11 is 0. The van der Waals surface area contributed by atoms with Crippen LogP contribution in [0.4, 0.5) is 0 Å². The van der Waals surface area contributed by atoms with Gasteiger partial charge in [0.2, 0.25) is 0 Å². The highest BCUT2D eigenvalue weighted by Gasteiger charge is 2.07. The van der Waals surface area contributed by atoms with E-state index >= 15 is 0 Å². The Hall–Kier alpha value is -0.990. The lowest BCUT2D eigenvalue weighted by Gasteiger charge is -2.13. The zero-order valence-corrected chi connectivity index (χ0v) is 11.3. The van der Waals surface area contributed by atoms with Crippen molar-refractivity contribution in [1.29, 1.82) is 0 Å². The fourth-order valence-corrected chi connectivity index (χ4v) is 1.98. The molecule has 94 valence electrons. The molecule has 0 aliphatic heterocycles. The molecule has 0 saturated carbocycles. The molecule has 0 amide bonds. The van der Waals surface area contributed by atoms with Gasteiger partial charge in [0.1, 0.15) is 0 Å². The van der Waals surface area contributed by atoms with E-state index in [0.717, 1.165) is 12.3 Å². The highest BCUT2D eigenvalue weighted by Crippen LogP contribution is 2.22. The van der Waals surface area contributed by atoms with E-state index in [1.807, 2.05) is 6.20 Å². The monoisotopic (exact) mass is 252 g/mol. The molecular weight excluding hydrogens is 232 g/mol. The first-order valence-corrected chi connectivity index (χ1v) is 5.99. The van der Waals surface area contributed by atoms with Crippen LogP contribution in [0.2, 0.25) is 0 Å². The minimum absolute atomic E-state index is 0. The molecule has 3 heteroatoms. The highest BCUT2D eigenvalue weighted by molar-refractivity contribution is 5.85. The van der Waals surface area contributed by atoms with Crippen molar-refractivity contribution >= 4 is 23.3 Å². The highest BCUT2D eigenvalue weighted by atomic mass is 35.5. The summed E-state index contributed by atoms with van der Waals surface area (Å²) in [5, 5.41) is 1.25. The van der Waals surface area contributed by atoms with E-state index in [0.29, 0.717) is 0 Å². The van der Waals surface area contributed by atoms with Crippen LogP contribution in [0.15, 0.2) is 30.5 Å². The quantitative estimate of drug-likeness (QED) is 0.848. The Balaban J connectivity index is 0.00000144. The average Bonchev–Trinajstić information content (AvgIpc) is 2.72. The fraction of sp³-hybridized carbons (Fsp3) is 0.429. The summed E-state index contributed by atoms with van der Waals surface area (Å²) in [7, 11) is 0. The molecule has 1 atom stereocenters. The van der Waals surface area contributed by atoms with Crippen molar-refractivity contribution in [2.24, 2.45) is 11.7 Å². The number of halogens is 1. The van der Waals surface area contributed by atoms with Crippen molar-refractivity contribution in [2.75, 3.05) is 0 Å². The topological polar surface area (TPSA) is 41.8 Å². The number of hydrogen-bond donors (Lipinski definition) is 2. The van der Waals surface area contributed by atoms with E-state index < -0.39 is 0 Å². The molecule has 1 aromatic carbocycles. The molecule has 17 heavy (non-hydrogen) atoms. The Morgan fingerprint density at radius 2 is 1.94 bits per heavy atom. The number of aromatic nitrogens is 1. The molecule has 2 rings (SSSR count). The molecule has 2 nitrogen and oxygen atoms in total. The molecule has 0 radical (unpaired) electrons. The van der Waals surface area contributed by atoms with Crippen LogP contribution in [0.1, 0.15) is 38.3 Å². The number of fused-ring (bicyclic) bond motifs is 1. The van der Waals surface area contributed by atoms with E-state index in [9.17, 15) is 0 Å². The Labute approximate surface area is 109 Å². The molecule has 1 heterocycles.